The van der Waals surface area contributed by atoms with Gasteiger partial charge in [0.1, 0.15) is 0 Å². The van der Waals surface area contributed by atoms with Gasteiger partial charge in [0, 0.05) is 16.8 Å². The molecule has 0 radical (unpaired) electrons. The number of imidazole rings is 1. The average Bonchev–Trinajstić information content (AvgIpc) is 2.90. The number of hydrogen-bond acceptors (Lipinski definition) is 4. The van der Waals surface area contributed by atoms with Crippen LogP contribution >= 0.6 is 27.7 Å². The Hall–Kier alpha value is -0.820. The van der Waals surface area contributed by atoms with Gasteiger partial charge >= 0.3 is 0 Å². The molecule has 0 saturated heterocycles. The first kappa shape index (κ1) is 18.5. The molecule has 0 saturated carbocycles. The van der Waals surface area contributed by atoms with E-state index in [0.717, 1.165) is 27.6 Å². The number of aromatic nitrogens is 2. The summed E-state index contributed by atoms with van der Waals surface area (Å²) < 4.78 is 8.68. The summed E-state index contributed by atoms with van der Waals surface area (Å²) in [4.78, 5) is 4.60. The van der Waals surface area contributed by atoms with Crippen LogP contribution < -0.4 is 0 Å². The lowest BCUT2D eigenvalue weighted by Gasteiger charge is -2.14. The molecule has 1 heterocycles. The maximum absolute atomic E-state index is 8.72. The van der Waals surface area contributed by atoms with Crippen LogP contribution in [-0.4, -0.2) is 40.2 Å². The van der Waals surface area contributed by atoms with Crippen LogP contribution in [0.2, 0.25) is 0 Å². The van der Waals surface area contributed by atoms with E-state index in [1.807, 2.05) is 6.20 Å². The van der Waals surface area contributed by atoms with Crippen molar-refractivity contribution in [1.29, 1.82) is 0 Å². The monoisotopic (exact) mass is 398 g/mol. The van der Waals surface area contributed by atoms with Crippen LogP contribution in [0.25, 0.3) is 11.3 Å². The molecular formula is C17H23BrN2O2S. The number of rotatable bonds is 9. The van der Waals surface area contributed by atoms with Gasteiger partial charge in [-0.2, -0.15) is 0 Å². The van der Waals surface area contributed by atoms with Crippen LogP contribution in [0.15, 0.2) is 40.1 Å². The molecule has 0 atom stereocenters. The van der Waals surface area contributed by atoms with Crippen LogP contribution in [-0.2, 0) is 11.3 Å². The van der Waals surface area contributed by atoms with Gasteiger partial charge in [0.05, 0.1) is 31.7 Å². The van der Waals surface area contributed by atoms with Gasteiger partial charge in [-0.1, -0.05) is 53.7 Å². The third-order valence-electron chi connectivity index (χ3n) is 3.20. The van der Waals surface area contributed by atoms with E-state index in [0.29, 0.717) is 19.1 Å². The molecule has 1 N–H and O–H groups in total. The summed E-state index contributed by atoms with van der Waals surface area (Å²) in [5.41, 5.74) is 2.31. The highest BCUT2D eigenvalue weighted by Crippen LogP contribution is 2.28. The largest absolute Gasteiger partial charge is 0.394 e. The minimum atomic E-state index is 0.0698. The molecule has 126 valence electrons. The highest BCUT2D eigenvalue weighted by molar-refractivity contribution is 9.10. The van der Waals surface area contributed by atoms with Crippen LogP contribution in [0.4, 0.5) is 0 Å². The van der Waals surface area contributed by atoms with Gasteiger partial charge in [-0.05, 0) is 23.6 Å². The van der Waals surface area contributed by atoms with Crippen LogP contribution in [0.3, 0.4) is 0 Å². The van der Waals surface area contributed by atoms with E-state index in [-0.39, 0.29) is 6.61 Å². The van der Waals surface area contributed by atoms with E-state index in [2.05, 4.69) is 63.6 Å². The molecule has 4 nitrogen and oxygen atoms in total. The Morgan fingerprint density at radius 3 is 2.65 bits per heavy atom. The van der Waals surface area contributed by atoms with Gasteiger partial charge in [0.2, 0.25) is 0 Å². The van der Waals surface area contributed by atoms with Gasteiger partial charge in [0.15, 0.2) is 5.16 Å². The maximum Gasteiger partial charge on any atom is 0.168 e. The zero-order valence-corrected chi connectivity index (χ0v) is 15.9. The third-order valence-corrected chi connectivity index (χ3v) is 4.68. The maximum atomic E-state index is 8.72. The average molecular weight is 399 g/mol. The van der Waals surface area contributed by atoms with Gasteiger partial charge in [0.25, 0.3) is 0 Å². The lowest BCUT2D eigenvalue weighted by atomic mass is 10.1. The standard InChI is InChI=1S/C17H23BrN2O2S/c1-13(2)12-20-16(14-3-5-15(18)6-4-14)11-19-17(20)23-10-9-22-8-7-21/h3-6,11,13,21H,7-10,12H2,1-2H3. The smallest absolute Gasteiger partial charge is 0.168 e. The molecule has 0 aliphatic carbocycles. The Kier molecular flexibility index (Phi) is 7.62. The number of aliphatic hydroxyl groups is 1. The number of benzene rings is 1. The van der Waals surface area contributed by atoms with Crippen molar-refractivity contribution >= 4 is 27.7 Å². The molecule has 0 aliphatic heterocycles. The minimum Gasteiger partial charge on any atom is -0.394 e. The fourth-order valence-electron chi connectivity index (χ4n) is 2.23. The molecule has 0 bridgehead atoms. The summed E-state index contributed by atoms with van der Waals surface area (Å²) in [5, 5.41) is 9.74. The molecule has 0 fully saturated rings. The summed E-state index contributed by atoms with van der Waals surface area (Å²) in [5.74, 6) is 1.37. The first-order valence-electron chi connectivity index (χ1n) is 7.74. The first-order valence-corrected chi connectivity index (χ1v) is 9.52. The fourth-order valence-corrected chi connectivity index (χ4v) is 3.33. The van der Waals surface area contributed by atoms with Gasteiger partial charge in [-0.25, -0.2) is 4.98 Å². The van der Waals surface area contributed by atoms with Crippen molar-refractivity contribution in [3.05, 3.63) is 34.9 Å². The van der Waals surface area contributed by atoms with Crippen LogP contribution in [0, 0.1) is 5.92 Å². The van der Waals surface area contributed by atoms with Crippen molar-refractivity contribution in [2.45, 2.75) is 25.5 Å². The molecule has 2 rings (SSSR count). The molecular weight excluding hydrogens is 376 g/mol. The highest BCUT2D eigenvalue weighted by atomic mass is 79.9. The molecule has 1 aromatic carbocycles. The van der Waals surface area contributed by atoms with E-state index < -0.39 is 0 Å². The predicted octanol–water partition coefficient (Wildman–Crippen LogP) is 4.07. The summed E-state index contributed by atoms with van der Waals surface area (Å²) in [6.45, 7) is 6.44. The number of thioether (sulfide) groups is 1. The lowest BCUT2D eigenvalue weighted by Crippen LogP contribution is -2.08. The second kappa shape index (κ2) is 9.47. The van der Waals surface area contributed by atoms with Crippen LogP contribution in [0.1, 0.15) is 13.8 Å². The summed E-state index contributed by atoms with van der Waals surface area (Å²) >= 11 is 5.17. The number of aliphatic hydroxyl groups excluding tert-OH is 1. The molecule has 0 spiro atoms. The topological polar surface area (TPSA) is 47.3 Å². The Balaban J connectivity index is 2.14. The van der Waals surface area contributed by atoms with Crippen molar-refractivity contribution in [3.63, 3.8) is 0 Å². The Morgan fingerprint density at radius 2 is 2.00 bits per heavy atom. The Bertz CT molecular complexity index is 599. The van der Waals surface area contributed by atoms with Crippen LogP contribution in [0.5, 0.6) is 0 Å². The molecule has 23 heavy (non-hydrogen) atoms. The van der Waals surface area contributed by atoms with E-state index in [9.17, 15) is 0 Å². The van der Waals surface area contributed by atoms with Crippen molar-refractivity contribution in [2.75, 3.05) is 25.6 Å². The fraction of sp³-hybridized carbons (Fsp3) is 0.471. The van der Waals surface area contributed by atoms with Crippen molar-refractivity contribution in [2.24, 2.45) is 5.92 Å². The normalized spacial score (nSPS) is 11.3. The summed E-state index contributed by atoms with van der Waals surface area (Å²) in [6, 6.07) is 8.32. The predicted molar refractivity (Wildman–Crippen MR) is 98.8 cm³/mol. The number of hydrogen-bond donors (Lipinski definition) is 1. The molecule has 6 heteroatoms. The number of halogens is 1. The second-order valence-electron chi connectivity index (χ2n) is 5.62. The van der Waals surface area contributed by atoms with Gasteiger partial charge in [-0.3, -0.25) is 0 Å². The van der Waals surface area contributed by atoms with E-state index in [4.69, 9.17) is 9.84 Å². The molecule has 1 aromatic heterocycles. The molecule has 0 amide bonds. The second-order valence-corrected chi connectivity index (χ2v) is 7.60. The lowest BCUT2D eigenvalue weighted by molar-refractivity contribution is 0.103. The van der Waals surface area contributed by atoms with Gasteiger partial charge < -0.3 is 14.4 Å². The molecule has 2 aromatic rings. The van der Waals surface area contributed by atoms with Crippen molar-refractivity contribution in [1.82, 2.24) is 9.55 Å². The Labute approximate surface area is 150 Å². The Morgan fingerprint density at radius 1 is 1.26 bits per heavy atom. The van der Waals surface area contributed by atoms with Crippen molar-refractivity contribution in [3.8, 4) is 11.3 Å². The molecule has 0 aliphatic rings. The molecule has 0 unspecified atom stereocenters. The number of nitrogens with zero attached hydrogens (tertiary/aromatic N) is 2. The zero-order chi connectivity index (χ0) is 16.7. The summed E-state index contributed by atoms with van der Waals surface area (Å²) in [7, 11) is 0. The summed E-state index contributed by atoms with van der Waals surface area (Å²) in [6.07, 6.45) is 1.95. The third kappa shape index (κ3) is 5.64. The number of ether oxygens (including phenoxy) is 1. The quantitative estimate of drug-likeness (QED) is 0.510. The van der Waals surface area contributed by atoms with Crippen molar-refractivity contribution < 1.29 is 9.84 Å². The van der Waals surface area contributed by atoms with E-state index in [1.54, 1.807) is 11.8 Å². The SMILES string of the molecule is CC(C)Cn1c(-c2ccc(Br)cc2)cnc1SCCOCCO. The van der Waals surface area contributed by atoms with E-state index >= 15 is 0 Å². The van der Waals surface area contributed by atoms with Gasteiger partial charge in [-0.15, -0.1) is 0 Å². The first-order chi connectivity index (χ1) is 11.1. The highest BCUT2D eigenvalue weighted by Gasteiger charge is 2.13. The van der Waals surface area contributed by atoms with E-state index in [1.165, 1.54) is 5.56 Å². The zero-order valence-electron chi connectivity index (χ0n) is 13.5. The minimum absolute atomic E-state index is 0.0698.